The van der Waals surface area contributed by atoms with Crippen LogP contribution in [0.2, 0.25) is 5.02 Å². The van der Waals surface area contributed by atoms with E-state index in [-0.39, 0.29) is 5.91 Å². The van der Waals surface area contributed by atoms with Gasteiger partial charge < -0.3 is 9.80 Å². The monoisotopic (exact) mass is 310 g/mol. The third-order valence-electron chi connectivity index (χ3n) is 3.32. The molecule has 2 rings (SSSR count). The lowest BCUT2D eigenvalue weighted by atomic mass is 10.2. The van der Waals surface area contributed by atoms with E-state index < -0.39 is 0 Å². The summed E-state index contributed by atoms with van der Waals surface area (Å²) in [4.78, 5) is 17.8. The van der Waals surface area contributed by atoms with Crippen LogP contribution in [0.1, 0.15) is 10.4 Å². The van der Waals surface area contributed by atoms with Gasteiger partial charge in [0.25, 0.3) is 5.91 Å². The number of benzene rings is 1. The van der Waals surface area contributed by atoms with Crippen molar-refractivity contribution in [1.82, 2.24) is 9.80 Å². The van der Waals surface area contributed by atoms with E-state index in [2.05, 4.69) is 18.5 Å². The first-order valence-electron chi connectivity index (χ1n) is 6.63. The van der Waals surface area contributed by atoms with Crippen molar-refractivity contribution in [2.45, 2.75) is 4.90 Å². The van der Waals surface area contributed by atoms with Gasteiger partial charge >= 0.3 is 0 Å². The van der Waals surface area contributed by atoms with E-state index in [0.717, 1.165) is 36.8 Å². The summed E-state index contributed by atoms with van der Waals surface area (Å²) >= 11 is 7.66. The fraction of sp³-hybridized carbons (Fsp3) is 0.400. The maximum absolute atomic E-state index is 12.7. The van der Waals surface area contributed by atoms with Crippen LogP contribution < -0.4 is 0 Å². The van der Waals surface area contributed by atoms with Crippen LogP contribution in [0.5, 0.6) is 0 Å². The quantitative estimate of drug-likeness (QED) is 0.631. The van der Waals surface area contributed by atoms with Crippen molar-refractivity contribution in [3.05, 3.63) is 41.4 Å². The highest BCUT2D eigenvalue weighted by Gasteiger charge is 2.22. The number of amides is 1. The zero-order valence-corrected chi connectivity index (χ0v) is 13.2. The first kappa shape index (κ1) is 15.4. The SMILES string of the molecule is C=CCSc1ccc(Cl)cc1C(=O)N1CCN(C)CC1. The molecule has 20 heavy (non-hydrogen) atoms. The van der Waals surface area contributed by atoms with Crippen LogP contribution in [0.4, 0.5) is 0 Å². The van der Waals surface area contributed by atoms with Crippen LogP contribution in [0.15, 0.2) is 35.7 Å². The van der Waals surface area contributed by atoms with Gasteiger partial charge in [-0.1, -0.05) is 17.7 Å². The molecule has 3 nitrogen and oxygen atoms in total. The van der Waals surface area contributed by atoms with Crippen molar-refractivity contribution in [3.8, 4) is 0 Å². The molecule has 1 amide bonds. The van der Waals surface area contributed by atoms with E-state index in [1.165, 1.54) is 0 Å². The van der Waals surface area contributed by atoms with Gasteiger partial charge in [0.05, 0.1) is 5.56 Å². The number of likely N-dealkylation sites (N-methyl/N-ethyl adjacent to an activating group) is 1. The van der Waals surface area contributed by atoms with Gasteiger partial charge in [0, 0.05) is 41.8 Å². The molecule has 0 aliphatic carbocycles. The molecule has 1 heterocycles. The second-order valence-electron chi connectivity index (χ2n) is 4.84. The molecule has 1 fully saturated rings. The number of piperazine rings is 1. The van der Waals surface area contributed by atoms with Crippen LogP contribution in [0.3, 0.4) is 0 Å². The molecule has 0 atom stereocenters. The lowest BCUT2D eigenvalue weighted by molar-refractivity contribution is 0.0660. The Kier molecular flexibility index (Phi) is 5.52. The van der Waals surface area contributed by atoms with Gasteiger partial charge in [-0.3, -0.25) is 4.79 Å². The normalized spacial score (nSPS) is 16.2. The Morgan fingerprint density at radius 2 is 2.10 bits per heavy atom. The highest BCUT2D eigenvalue weighted by molar-refractivity contribution is 7.99. The van der Waals surface area contributed by atoms with E-state index in [9.17, 15) is 4.79 Å². The van der Waals surface area contributed by atoms with Gasteiger partial charge in [-0.2, -0.15) is 0 Å². The minimum absolute atomic E-state index is 0.0761. The molecule has 0 saturated carbocycles. The fourth-order valence-electron chi connectivity index (χ4n) is 2.12. The standard InChI is InChI=1S/C15H19ClN2OS/c1-3-10-20-14-5-4-12(16)11-13(14)15(19)18-8-6-17(2)7-9-18/h3-5,11H,1,6-10H2,2H3. The third-order valence-corrected chi connectivity index (χ3v) is 4.62. The molecule has 0 spiro atoms. The first-order chi connectivity index (χ1) is 9.61. The Labute approximate surface area is 129 Å². The molecule has 1 aromatic carbocycles. The zero-order valence-electron chi connectivity index (χ0n) is 11.6. The average molecular weight is 311 g/mol. The molecule has 108 valence electrons. The van der Waals surface area contributed by atoms with Gasteiger partial charge in [-0.15, -0.1) is 18.3 Å². The fourth-order valence-corrected chi connectivity index (χ4v) is 3.06. The number of rotatable bonds is 4. The Hall–Kier alpha value is -0.970. The van der Waals surface area contributed by atoms with Crippen molar-refractivity contribution in [1.29, 1.82) is 0 Å². The number of hydrogen-bond acceptors (Lipinski definition) is 3. The Morgan fingerprint density at radius 3 is 2.75 bits per heavy atom. The van der Waals surface area contributed by atoms with Crippen LogP contribution >= 0.6 is 23.4 Å². The van der Waals surface area contributed by atoms with E-state index in [0.29, 0.717) is 10.6 Å². The van der Waals surface area contributed by atoms with Gasteiger partial charge in [-0.05, 0) is 25.2 Å². The molecule has 0 unspecified atom stereocenters. The predicted octanol–water partition coefficient (Wildman–Crippen LogP) is 3.01. The Balaban J connectivity index is 2.19. The summed E-state index contributed by atoms with van der Waals surface area (Å²) in [5, 5.41) is 0.602. The van der Waals surface area contributed by atoms with Crippen LogP contribution in [-0.4, -0.2) is 54.7 Å². The van der Waals surface area contributed by atoms with Crippen molar-refractivity contribution in [3.63, 3.8) is 0 Å². The van der Waals surface area contributed by atoms with E-state index in [1.54, 1.807) is 17.8 Å². The lowest BCUT2D eigenvalue weighted by Gasteiger charge is -2.32. The molecular formula is C15H19ClN2OS. The van der Waals surface area contributed by atoms with Crippen LogP contribution in [0, 0.1) is 0 Å². The van der Waals surface area contributed by atoms with E-state index in [1.807, 2.05) is 23.1 Å². The van der Waals surface area contributed by atoms with Crippen LogP contribution in [0.25, 0.3) is 0 Å². The van der Waals surface area contributed by atoms with Gasteiger partial charge in [0.2, 0.25) is 0 Å². The molecule has 1 aliphatic heterocycles. The Morgan fingerprint density at radius 1 is 1.40 bits per heavy atom. The summed E-state index contributed by atoms with van der Waals surface area (Å²) in [7, 11) is 2.08. The summed E-state index contributed by atoms with van der Waals surface area (Å²) in [6.45, 7) is 7.10. The summed E-state index contributed by atoms with van der Waals surface area (Å²) < 4.78 is 0. The van der Waals surface area contributed by atoms with Crippen molar-refractivity contribution in [2.75, 3.05) is 39.0 Å². The van der Waals surface area contributed by atoms with Crippen LogP contribution in [-0.2, 0) is 0 Å². The maximum atomic E-state index is 12.7. The van der Waals surface area contributed by atoms with Gasteiger partial charge in [0.15, 0.2) is 0 Å². The van der Waals surface area contributed by atoms with Gasteiger partial charge in [-0.25, -0.2) is 0 Å². The second kappa shape index (κ2) is 7.16. The molecule has 0 radical (unpaired) electrons. The molecule has 1 aliphatic rings. The highest BCUT2D eigenvalue weighted by atomic mass is 35.5. The molecule has 1 saturated heterocycles. The van der Waals surface area contributed by atoms with Gasteiger partial charge in [0.1, 0.15) is 0 Å². The topological polar surface area (TPSA) is 23.6 Å². The molecule has 0 aromatic heterocycles. The minimum Gasteiger partial charge on any atom is -0.336 e. The predicted molar refractivity (Wildman–Crippen MR) is 85.8 cm³/mol. The average Bonchev–Trinajstić information content (AvgIpc) is 2.46. The zero-order chi connectivity index (χ0) is 14.5. The molecule has 0 N–H and O–H groups in total. The molecule has 1 aromatic rings. The van der Waals surface area contributed by atoms with E-state index >= 15 is 0 Å². The number of hydrogen-bond donors (Lipinski definition) is 0. The Bertz CT molecular complexity index is 499. The maximum Gasteiger partial charge on any atom is 0.255 e. The van der Waals surface area contributed by atoms with E-state index in [4.69, 9.17) is 11.6 Å². The largest absolute Gasteiger partial charge is 0.336 e. The molecular weight excluding hydrogens is 292 g/mol. The minimum atomic E-state index is 0.0761. The molecule has 0 bridgehead atoms. The number of nitrogens with zero attached hydrogens (tertiary/aromatic N) is 2. The summed E-state index contributed by atoms with van der Waals surface area (Å²) in [6.07, 6.45) is 1.84. The summed E-state index contributed by atoms with van der Waals surface area (Å²) in [5.74, 6) is 0.858. The first-order valence-corrected chi connectivity index (χ1v) is 7.99. The smallest absolute Gasteiger partial charge is 0.255 e. The summed E-state index contributed by atoms with van der Waals surface area (Å²) in [6, 6.07) is 5.52. The third kappa shape index (κ3) is 3.78. The number of carbonyl (C=O) groups excluding carboxylic acids is 1. The lowest BCUT2D eigenvalue weighted by Crippen LogP contribution is -2.47. The number of halogens is 1. The molecule has 5 heteroatoms. The summed E-state index contributed by atoms with van der Waals surface area (Å²) in [5.41, 5.74) is 0.703. The highest BCUT2D eigenvalue weighted by Crippen LogP contribution is 2.27. The van der Waals surface area contributed by atoms with Crippen molar-refractivity contribution >= 4 is 29.3 Å². The second-order valence-corrected chi connectivity index (χ2v) is 6.33. The van der Waals surface area contributed by atoms with Crippen molar-refractivity contribution < 1.29 is 4.79 Å². The number of carbonyl (C=O) groups is 1. The number of thioether (sulfide) groups is 1. The van der Waals surface area contributed by atoms with Crippen molar-refractivity contribution in [2.24, 2.45) is 0 Å².